The number of pyridine rings is 1. The highest BCUT2D eigenvalue weighted by Crippen LogP contribution is 2.39. The highest BCUT2D eigenvalue weighted by atomic mass is 16.3. The molecule has 0 saturated carbocycles. The normalized spacial score (nSPS) is 18.8. The molecule has 1 saturated heterocycles. The second-order valence-electron chi connectivity index (χ2n) is 6.16. The average molecular weight is 360 g/mol. The summed E-state index contributed by atoms with van der Waals surface area (Å²) in [5.41, 5.74) is 1.16. The van der Waals surface area contributed by atoms with Gasteiger partial charge in [0, 0.05) is 18.0 Å². The minimum Gasteiger partial charge on any atom is -0.507 e. The Bertz CT molecular complexity index is 995. The maximum atomic E-state index is 12.8. The third-order valence-corrected chi connectivity index (χ3v) is 4.49. The molecule has 0 bridgehead atoms. The summed E-state index contributed by atoms with van der Waals surface area (Å²) in [4.78, 5) is 31.0. The molecule has 1 unspecified atom stereocenters. The lowest BCUT2D eigenvalue weighted by atomic mass is 9.96. The van der Waals surface area contributed by atoms with E-state index in [9.17, 15) is 14.7 Å². The van der Waals surface area contributed by atoms with E-state index in [1.165, 1.54) is 11.2 Å². The van der Waals surface area contributed by atoms with Crippen molar-refractivity contribution in [1.29, 1.82) is 0 Å². The van der Waals surface area contributed by atoms with Gasteiger partial charge in [0.05, 0.1) is 24.4 Å². The number of carbonyl (C=O) groups is 2. The lowest BCUT2D eigenvalue weighted by Gasteiger charge is -2.24. The molecule has 1 fully saturated rings. The fourth-order valence-electron chi connectivity index (χ4n) is 3.25. The Morgan fingerprint density at radius 3 is 2.56 bits per heavy atom. The minimum atomic E-state index is -0.746. The lowest BCUT2D eigenvalue weighted by Crippen LogP contribution is -2.29. The van der Waals surface area contributed by atoms with Crippen LogP contribution < -0.4 is 0 Å². The second kappa shape index (κ2) is 6.92. The van der Waals surface area contributed by atoms with Crippen LogP contribution in [0.5, 0.6) is 0 Å². The zero-order valence-electron chi connectivity index (χ0n) is 14.3. The quantitative estimate of drug-likeness (QED) is 0.438. The summed E-state index contributed by atoms with van der Waals surface area (Å²) in [6, 6.07) is 14.9. The van der Waals surface area contributed by atoms with Crippen LogP contribution in [-0.2, 0) is 16.1 Å². The van der Waals surface area contributed by atoms with Crippen molar-refractivity contribution in [3.05, 3.63) is 95.7 Å². The summed E-state index contributed by atoms with van der Waals surface area (Å²) in [6.07, 6.45) is 4.71. The zero-order chi connectivity index (χ0) is 18.8. The van der Waals surface area contributed by atoms with Crippen molar-refractivity contribution in [3.8, 4) is 0 Å². The zero-order valence-corrected chi connectivity index (χ0v) is 14.3. The number of ketones is 1. The van der Waals surface area contributed by atoms with E-state index >= 15 is 0 Å². The number of likely N-dealkylation sites (tertiary alicyclic amines) is 1. The fourth-order valence-corrected chi connectivity index (χ4v) is 3.25. The molecule has 0 aliphatic carbocycles. The van der Waals surface area contributed by atoms with Crippen LogP contribution in [0.3, 0.4) is 0 Å². The number of hydrogen-bond donors (Lipinski definition) is 1. The van der Waals surface area contributed by atoms with Gasteiger partial charge in [-0.05, 0) is 23.8 Å². The Hall–Kier alpha value is -3.67. The first-order valence-electron chi connectivity index (χ1n) is 8.43. The Balaban J connectivity index is 1.86. The molecule has 27 heavy (non-hydrogen) atoms. The number of Topliss-reactive ketones (excluding diaryl/α,β-unsaturated/α-hetero) is 1. The van der Waals surface area contributed by atoms with E-state index in [0.29, 0.717) is 16.9 Å². The molecule has 2 aromatic heterocycles. The van der Waals surface area contributed by atoms with E-state index in [4.69, 9.17) is 4.42 Å². The van der Waals surface area contributed by atoms with Crippen molar-refractivity contribution in [3.63, 3.8) is 0 Å². The smallest absolute Gasteiger partial charge is 0.296 e. The van der Waals surface area contributed by atoms with Crippen LogP contribution in [0.2, 0.25) is 0 Å². The van der Waals surface area contributed by atoms with E-state index in [-0.39, 0.29) is 17.9 Å². The van der Waals surface area contributed by atoms with Crippen LogP contribution in [0.4, 0.5) is 0 Å². The van der Waals surface area contributed by atoms with Crippen molar-refractivity contribution in [2.45, 2.75) is 12.6 Å². The van der Waals surface area contributed by atoms with E-state index in [2.05, 4.69) is 4.98 Å². The number of amides is 1. The number of nitrogens with zero attached hydrogens (tertiary/aromatic N) is 2. The van der Waals surface area contributed by atoms with Gasteiger partial charge < -0.3 is 14.4 Å². The summed E-state index contributed by atoms with van der Waals surface area (Å²) >= 11 is 0. The van der Waals surface area contributed by atoms with Crippen molar-refractivity contribution in [2.75, 3.05) is 0 Å². The first-order chi connectivity index (χ1) is 13.2. The summed E-state index contributed by atoms with van der Waals surface area (Å²) in [6.45, 7) is 0.114. The summed E-state index contributed by atoms with van der Waals surface area (Å²) in [7, 11) is 0. The maximum absolute atomic E-state index is 12.8. The lowest BCUT2D eigenvalue weighted by molar-refractivity contribution is -0.140. The fraction of sp³-hybridized carbons (Fsp3) is 0.0952. The molecule has 134 valence electrons. The topological polar surface area (TPSA) is 83.6 Å². The van der Waals surface area contributed by atoms with E-state index in [1.54, 1.807) is 60.9 Å². The van der Waals surface area contributed by atoms with E-state index in [1.807, 2.05) is 6.07 Å². The number of aromatic nitrogens is 1. The molecule has 4 rings (SSSR count). The second-order valence-corrected chi connectivity index (χ2v) is 6.16. The Labute approximate surface area is 155 Å². The molecule has 3 aromatic rings. The Morgan fingerprint density at radius 1 is 1.07 bits per heavy atom. The molecule has 1 aliphatic rings. The largest absolute Gasteiger partial charge is 0.507 e. The molecule has 1 aromatic carbocycles. The minimum absolute atomic E-state index is 0.0470. The van der Waals surface area contributed by atoms with Gasteiger partial charge in [0.15, 0.2) is 0 Å². The van der Waals surface area contributed by atoms with Crippen molar-refractivity contribution in [1.82, 2.24) is 9.88 Å². The van der Waals surface area contributed by atoms with E-state index in [0.717, 1.165) is 0 Å². The SMILES string of the molecule is O=C1C(=O)N(Cc2ccco2)C(c2cccnc2)/C1=C(/O)c1ccccc1. The molecular formula is C21H16N2O4. The molecule has 6 nitrogen and oxygen atoms in total. The van der Waals surface area contributed by atoms with Crippen molar-refractivity contribution in [2.24, 2.45) is 0 Å². The molecule has 0 spiro atoms. The molecule has 6 heteroatoms. The van der Waals surface area contributed by atoms with Crippen LogP contribution in [-0.4, -0.2) is 26.7 Å². The van der Waals surface area contributed by atoms with Crippen molar-refractivity contribution >= 4 is 17.4 Å². The van der Waals surface area contributed by atoms with Gasteiger partial charge in [0.2, 0.25) is 0 Å². The molecular weight excluding hydrogens is 344 g/mol. The highest BCUT2D eigenvalue weighted by Gasteiger charge is 2.46. The van der Waals surface area contributed by atoms with Gasteiger partial charge in [-0.2, -0.15) is 0 Å². The first-order valence-corrected chi connectivity index (χ1v) is 8.43. The molecule has 1 N–H and O–H groups in total. The molecule has 0 radical (unpaired) electrons. The maximum Gasteiger partial charge on any atom is 0.296 e. The third kappa shape index (κ3) is 3.01. The van der Waals surface area contributed by atoms with Crippen LogP contribution in [0.15, 0.2) is 83.2 Å². The van der Waals surface area contributed by atoms with Crippen LogP contribution in [0, 0.1) is 0 Å². The highest BCUT2D eigenvalue weighted by molar-refractivity contribution is 6.46. The average Bonchev–Trinajstić information content (AvgIpc) is 3.31. The standard InChI is InChI=1S/C21H16N2O4/c24-19(14-6-2-1-3-7-14)17-18(15-8-4-10-22-12-15)23(21(26)20(17)25)13-16-9-5-11-27-16/h1-12,18,24H,13H2/b19-17-. The van der Waals surface area contributed by atoms with Gasteiger partial charge in [-0.3, -0.25) is 14.6 Å². The van der Waals surface area contributed by atoms with Gasteiger partial charge in [-0.15, -0.1) is 0 Å². The van der Waals surface area contributed by atoms with Crippen LogP contribution >= 0.6 is 0 Å². The van der Waals surface area contributed by atoms with Gasteiger partial charge >= 0.3 is 0 Å². The predicted octanol–water partition coefficient (Wildman–Crippen LogP) is 3.30. The molecule has 1 aliphatic heterocycles. The number of aliphatic hydroxyl groups excluding tert-OH is 1. The number of carbonyl (C=O) groups excluding carboxylic acids is 2. The van der Waals surface area contributed by atoms with E-state index < -0.39 is 17.7 Å². The number of benzene rings is 1. The van der Waals surface area contributed by atoms with Crippen LogP contribution in [0.25, 0.3) is 5.76 Å². The summed E-state index contributed by atoms with van der Waals surface area (Å²) < 4.78 is 5.34. The summed E-state index contributed by atoms with van der Waals surface area (Å²) in [5, 5.41) is 10.8. The molecule has 1 atom stereocenters. The summed E-state index contributed by atoms with van der Waals surface area (Å²) in [5.74, 6) is -1.07. The third-order valence-electron chi connectivity index (χ3n) is 4.49. The molecule has 3 heterocycles. The van der Waals surface area contributed by atoms with Gasteiger partial charge in [-0.25, -0.2) is 0 Å². The number of aliphatic hydroxyl groups is 1. The first kappa shape index (κ1) is 16.8. The molecule has 1 amide bonds. The number of furan rings is 1. The van der Waals surface area contributed by atoms with Crippen molar-refractivity contribution < 1.29 is 19.1 Å². The number of hydrogen-bond acceptors (Lipinski definition) is 5. The monoisotopic (exact) mass is 360 g/mol. The van der Waals surface area contributed by atoms with Gasteiger partial charge in [0.1, 0.15) is 11.5 Å². The number of rotatable bonds is 4. The Morgan fingerprint density at radius 2 is 1.89 bits per heavy atom. The van der Waals surface area contributed by atoms with Gasteiger partial charge in [-0.1, -0.05) is 36.4 Å². The van der Waals surface area contributed by atoms with Gasteiger partial charge in [0.25, 0.3) is 11.7 Å². The predicted molar refractivity (Wildman–Crippen MR) is 97.2 cm³/mol. The Kier molecular flexibility index (Phi) is 4.30. The van der Waals surface area contributed by atoms with Crippen LogP contribution in [0.1, 0.15) is 22.9 Å².